The summed E-state index contributed by atoms with van der Waals surface area (Å²) in [4.78, 5) is 15.5. The molecule has 0 aliphatic heterocycles. The number of amides is 1. The van der Waals surface area contributed by atoms with Gasteiger partial charge in [-0.3, -0.25) is 14.5 Å². The predicted octanol–water partition coefficient (Wildman–Crippen LogP) is 3.45. The lowest BCUT2D eigenvalue weighted by molar-refractivity contribution is -0.117. The minimum absolute atomic E-state index is 0.380. The van der Waals surface area contributed by atoms with E-state index in [0.717, 1.165) is 0 Å². The van der Waals surface area contributed by atoms with E-state index in [1.54, 1.807) is 0 Å². The molecule has 0 aliphatic carbocycles. The molecular weight excluding hydrogens is 328 g/mol. The van der Waals surface area contributed by atoms with Crippen LogP contribution in [0.4, 0.5) is 23.2 Å². The summed E-state index contributed by atoms with van der Waals surface area (Å²) in [6.07, 6.45) is -3.42. The predicted molar refractivity (Wildman–Crippen MR) is 70.0 cm³/mol. The molecule has 0 aromatic carbocycles. The zero-order valence-corrected chi connectivity index (χ0v) is 11.6. The lowest BCUT2D eigenvalue weighted by atomic mass is 10.3. The largest absolute Gasteiger partial charge is 0.324 e. The Balaban J connectivity index is 2.21. The van der Waals surface area contributed by atoms with E-state index in [4.69, 9.17) is 11.6 Å². The van der Waals surface area contributed by atoms with E-state index in [9.17, 15) is 22.4 Å². The van der Waals surface area contributed by atoms with Crippen LogP contribution in [0.3, 0.4) is 0 Å². The summed E-state index contributed by atoms with van der Waals surface area (Å²) in [6, 6.07) is 2.96. The van der Waals surface area contributed by atoms with Gasteiger partial charge >= 0.3 is 0 Å². The Hall–Kier alpha value is -2.16. The maximum absolute atomic E-state index is 12.9. The van der Waals surface area contributed by atoms with Gasteiger partial charge in [-0.2, -0.15) is 5.10 Å². The Bertz CT molecular complexity index is 663. The monoisotopic (exact) mass is 336 g/mol. The minimum Gasteiger partial charge on any atom is -0.324 e. The van der Waals surface area contributed by atoms with Gasteiger partial charge in [-0.05, 0) is 12.1 Å². The molecule has 0 saturated carbocycles. The zero-order valence-electron chi connectivity index (χ0n) is 10.8. The van der Waals surface area contributed by atoms with E-state index in [2.05, 4.69) is 15.4 Å². The highest BCUT2D eigenvalue weighted by Crippen LogP contribution is 2.34. The van der Waals surface area contributed by atoms with Crippen LogP contribution in [0.2, 0.25) is 5.02 Å². The summed E-state index contributed by atoms with van der Waals surface area (Å²) in [7, 11) is 0. The van der Waals surface area contributed by atoms with Crippen molar-refractivity contribution in [2.45, 2.75) is 19.4 Å². The molecule has 2 heterocycles. The van der Waals surface area contributed by atoms with Crippen molar-refractivity contribution in [3.8, 4) is 0 Å². The highest BCUT2D eigenvalue weighted by atomic mass is 35.5. The van der Waals surface area contributed by atoms with Crippen molar-refractivity contribution in [2.75, 3.05) is 5.32 Å². The molecule has 118 valence electrons. The van der Waals surface area contributed by atoms with E-state index >= 15 is 0 Å². The van der Waals surface area contributed by atoms with Crippen molar-refractivity contribution in [3.05, 3.63) is 40.9 Å². The maximum atomic E-state index is 12.9. The molecule has 0 saturated heterocycles. The topological polar surface area (TPSA) is 59.8 Å². The van der Waals surface area contributed by atoms with Gasteiger partial charge in [-0.15, -0.1) is 0 Å². The summed E-state index contributed by atoms with van der Waals surface area (Å²) < 4.78 is 51.6. The molecular formula is C12H9ClF4N4O. The third-order valence-electron chi connectivity index (χ3n) is 2.63. The van der Waals surface area contributed by atoms with Gasteiger partial charge in [0.1, 0.15) is 17.9 Å². The number of hydrogen-bond acceptors (Lipinski definition) is 3. The Kier molecular flexibility index (Phi) is 4.96. The van der Waals surface area contributed by atoms with E-state index in [1.165, 1.54) is 24.5 Å². The van der Waals surface area contributed by atoms with E-state index in [0.29, 0.717) is 10.4 Å². The van der Waals surface area contributed by atoms with E-state index in [-0.39, 0.29) is 0 Å². The lowest BCUT2D eigenvalue weighted by Crippen LogP contribution is -2.21. The second-order valence-electron chi connectivity index (χ2n) is 4.13. The van der Waals surface area contributed by atoms with Crippen LogP contribution < -0.4 is 5.32 Å². The highest BCUT2D eigenvalue weighted by molar-refractivity contribution is 6.32. The fourth-order valence-corrected chi connectivity index (χ4v) is 2.01. The van der Waals surface area contributed by atoms with Crippen LogP contribution in [0.15, 0.2) is 24.5 Å². The number of nitrogens with one attached hydrogen (secondary N) is 1. The van der Waals surface area contributed by atoms with Gasteiger partial charge in [0.15, 0.2) is 0 Å². The molecule has 0 bridgehead atoms. The summed E-state index contributed by atoms with van der Waals surface area (Å²) in [5.74, 6) is -0.715. The molecule has 22 heavy (non-hydrogen) atoms. The van der Waals surface area contributed by atoms with Crippen LogP contribution in [0.25, 0.3) is 0 Å². The second-order valence-corrected chi connectivity index (χ2v) is 4.51. The molecule has 5 nitrogen and oxygen atoms in total. The number of anilines is 1. The first-order valence-electron chi connectivity index (χ1n) is 5.92. The Morgan fingerprint density at radius 1 is 1.23 bits per heavy atom. The third kappa shape index (κ3) is 3.53. The molecule has 0 atom stereocenters. The maximum Gasteiger partial charge on any atom is 0.283 e. The van der Waals surface area contributed by atoms with Crippen LogP contribution in [-0.4, -0.2) is 20.7 Å². The van der Waals surface area contributed by atoms with Crippen molar-refractivity contribution in [1.82, 2.24) is 14.8 Å². The molecule has 0 aliphatic rings. The molecule has 0 radical (unpaired) electrons. The third-order valence-corrected chi connectivity index (χ3v) is 3.01. The molecule has 1 amide bonds. The number of nitrogens with zero attached hydrogens (tertiary/aromatic N) is 3. The second kappa shape index (κ2) is 6.73. The summed E-state index contributed by atoms with van der Waals surface area (Å²) in [5, 5.41) is 4.86. The van der Waals surface area contributed by atoms with Gasteiger partial charge in [-0.25, -0.2) is 17.6 Å². The van der Waals surface area contributed by atoms with Crippen LogP contribution >= 0.6 is 11.6 Å². The number of alkyl halides is 4. The van der Waals surface area contributed by atoms with E-state index in [1.807, 2.05) is 0 Å². The number of pyridine rings is 1. The van der Waals surface area contributed by atoms with Gasteiger partial charge in [0, 0.05) is 18.1 Å². The van der Waals surface area contributed by atoms with Crippen molar-refractivity contribution < 1.29 is 22.4 Å². The van der Waals surface area contributed by atoms with Gasteiger partial charge in [-0.1, -0.05) is 11.6 Å². The molecule has 0 fully saturated rings. The molecule has 1 N–H and O–H groups in total. The van der Waals surface area contributed by atoms with Crippen LogP contribution in [-0.2, 0) is 11.3 Å². The van der Waals surface area contributed by atoms with Gasteiger partial charge < -0.3 is 5.32 Å². The number of rotatable bonds is 5. The van der Waals surface area contributed by atoms with Gasteiger partial charge in [0.05, 0.1) is 5.02 Å². The van der Waals surface area contributed by atoms with Crippen LogP contribution in [0, 0.1) is 0 Å². The van der Waals surface area contributed by atoms with Crippen molar-refractivity contribution in [2.24, 2.45) is 0 Å². The number of aromatic nitrogens is 3. The average molecular weight is 337 g/mol. The molecule has 10 heteroatoms. The molecule has 2 aromatic heterocycles. The summed E-state index contributed by atoms with van der Waals surface area (Å²) >= 11 is 5.48. The van der Waals surface area contributed by atoms with Crippen molar-refractivity contribution in [3.63, 3.8) is 0 Å². The molecule has 2 rings (SSSR count). The average Bonchev–Trinajstić information content (AvgIpc) is 2.76. The first-order valence-corrected chi connectivity index (χ1v) is 6.30. The first-order chi connectivity index (χ1) is 10.4. The fourth-order valence-electron chi connectivity index (χ4n) is 1.71. The zero-order chi connectivity index (χ0) is 16.3. The fraction of sp³-hybridized carbons (Fsp3) is 0.250. The van der Waals surface area contributed by atoms with Gasteiger partial charge in [0.2, 0.25) is 5.91 Å². The van der Waals surface area contributed by atoms with Crippen molar-refractivity contribution >= 4 is 23.2 Å². The standard InChI is InChI=1S/C12H9ClF4N4O/c13-8-9(11(14)15)20-21(10(8)12(16)17)5-7(22)19-6-1-3-18-4-2-6/h1-4,11-12H,5H2,(H,18,19,22). The molecule has 0 unspecified atom stereocenters. The van der Waals surface area contributed by atoms with Crippen molar-refractivity contribution in [1.29, 1.82) is 0 Å². The number of halogens is 5. The smallest absolute Gasteiger partial charge is 0.283 e. The van der Waals surface area contributed by atoms with E-state index < -0.39 is 41.7 Å². The Morgan fingerprint density at radius 3 is 2.41 bits per heavy atom. The number of hydrogen-bond donors (Lipinski definition) is 1. The van der Waals surface area contributed by atoms with Crippen LogP contribution in [0.1, 0.15) is 24.2 Å². The highest BCUT2D eigenvalue weighted by Gasteiger charge is 2.28. The molecule has 0 spiro atoms. The minimum atomic E-state index is -3.14. The Labute approximate surface area is 126 Å². The number of carbonyl (C=O) groups is 1. The number of carbonyl (C=O) groups excluding carboxylic acids is 1. The SMILES string of the molecule is O=C(Cn1nc(C(F)F)c(Cl)c1C(F)F)Nc1ccncc1. The lowest BCUT2D eigenvalue weighted by Gasteiger charge is -2.08. The molecule has 2 aromatic rings. The normalized spacial score (nSPS) is 11.2. The quantitative estimate of drug-likeness (QED) is 0.851. The van der Waals surface area contributed by atoms with Gasteiger partial charge in [0.25, 0.3) is 12.9 Å². The summed E-state index contributed by atoms with van der Waals surface area (Å²) in [6.45, 7) is -0.672. The first kappa shape index (κ1) is 16.2. The summed E-state index contributed by atoms with van der Waals surface area (Å²) in [5.41, 5.74) is -1.51. The van der Waals surface area contributed by atoms with Crippen LogP contribution in [0.5, 0.6) is 0 Å². The Morgan fingerprint density at radius 2 is 1.86 bits per heavy atom.